The zero-order valence-corrected chi connectivity index (χ0v) is 15.0. The largest absolute Gasteiger partial charge is 0.378 e. The molecule has 24 heavy (non-hydrogen) atoms. The first-order chi connectivity index (χ1) is 11.5. The zero-order chi connectivity index (χ0) is 17.1. The fraction of sp³-hybridized carbons (Fsp3) is 0.474. The number of aryl methyl sites for hydroxylation is 2. The second-order valence-corrected chi connectivity index (χ2v) is 6.65. The number of ether oxygens (including phenoxy) is 1. The van der Waals surface area contributed by atoms with E-state index in [4.69, 9.17) is 9.72 Å². The molecule has 1 atom stereocenters. The molecular formula is C19H26N4O. The Balaban J connectivity index is 1.73. The highest BCUT2D eigenvalue weighted by Crippen LogP contribution is 2.25. The van der Waals surface area contributed by atoms with Crippen molar-refractivity contribution in [2.45, 2.75) is 26.5 Å². The summed E-state index contributed by atoms with van der Waals surface area (Å²) < 4.78 is 6.00. The third-order valence-electron chi connectivity index (χ3n) is 4.29. The van der Waals surface area contributed by atoms with Gasteiger partial charge in [0.15, 0.2) is 0 Å². The first-order valence-corrected chi connectivity index (χ1v) is 8.43. The molecule has 0 spiro atoms. The van der Waals surface area contributed by atoms with Gasteiger partial charge in [-0.25, -0.2) is 0 Å². The lowest BCUT2D eigenvalue weighted by Gasteiger charge is -2.32. The molecule has 0 bridgehead atoms. The number of hydrogen-bond donors (Lipinski definition) is 0. The Morgan fingerprint density at radius 2 is 2.00 bits per heavy atom. The maximum absolute atomic E-state index is 6.00. The quantitative estimate of drug-likeness (QED) is 0.864. The molecule has 1 fully saturated rings. The smallest absolute Gasteiger partial charge is 0.112 e. The van der Waals surface area contributed by atoms with E-state index < -0.39 is 0 Å². The second kappa shape index (κ2) is 7.28. The molecule has 3 rings (SSSR count). The number of nitrogens with zero attached hydrogens (tertiary/aromatic N) is 4. The van der Waals surface area contributed by atoms with Crippen molar-refractivity contribution in [2.75, 3.05) is 38.7 Å². The minimum atomic E-state index is 0.0159. The molecule has 0 aromatic carbocycles. The van der Waals surface area contributed by atoms with Crippen LogP contribution in [0.25, 0.3) is 0 Å². The number of anilines is 1. The number of hydrogen-bond acceptors (Lipinski definition) is 5. The van der Waals surface area contributed by atoms with Crippen LogP contribution in [0.1, 0.15) is 28.9 Å². The van der Waals surface area contributed by atoms with Gasteiger partial charge in [0.25, 0.3) is 0 Å². The lowest BCUT2D eigenvalue weighted by atomic mass is 10.1. The van der Waals surface area contributed by atoms with E-state index >= 15 is 0 Å². The Morgan fingerprint density at radius 1 is 1.17 bits per heavy atom. The first kappa shape index (κ1) is 16.9. The van der Waals surface area contributed by atoms with Crippen LogP contribution < -0.4 is 4.90 Å². The molecule has 0 amide bonds. The van der Waals surface area contributed by atoms with Gasteiger partial charge in [0, 0.05) is 50.8 Å². The van der Waals surface area contributed by atoms with Gasteiger partial charge in [0.1, 0.15) is 6.10 Å². The topological polar surface area (TPSA) is 41.5 Å². The monoisotopic (exact) mass is 326 g/mol. The molecule has 3 heterocycles. The molecule has 0 saturated carbocycles. The predicted octanol–water partition coefficient (Wildman–Crippen LogP) is 2.73. The highest BCUT2D eigenvalue weighted by atomic mass is 16.5. The molecule has 5 heteroatoms. The van der Waals surface area contributed by atoms with Crippen molar-refractivity contribution < 1.29 is 4.74 Å². The van der Waals surface area contributed by atoms with Crippen LogP contribution in [0, 0.1) is 13.8 Å². The van der Waals surface area contributed by atoms with Gasteiger partial charge in [-0.15, -0.1) is 0 Å². The molecule has 2 aromatic heterocycles. The maximum Gasteiger partial charge on any atom is 0.112 e. The highest BCUT2D eigenvalue weighted by Gasteiger charge is 2.24. The Hall–Kier alpha value is -1.98. The fourth-order valence-corrected chi connectivity index (χ4v) is 3.04. The average molecular weight is 326 g/mol. The summed E-state index contributed by atoms with van der Waals surface area (Å²) in [5, 5.41) is 0. The Morgan fingerprint density at radius 3 is 2.75 bits per heavy atom. The summed E-state index contributed by atoms with van der Waals surface area (Å²) in [6.45, 7) is 7.42. The van der Waals surface area contributed by atoms with E-state index in [-0.39, 0.29) is 6.10 Å². The molecule has 2 aromatic rings. The van der Waals surface area contributed by atoms with Crippen molar-refractivity contribution in [2.24, 2.45) is 0 Å². The van der Waals surface area contributed by atoms with E-state index in [0.29, 0.717) is 0 Å². The van der Waals surface area contributed by atoms with E-state index in [2.05, 4.69) is 53.1 Å². The van der Waals surface area contributed by atoms with Gasteiger partial charge < -0.3 is 9.64 Å². The van der Waals surface area contributed by atoms with Crippen LogP contribution in [0.2, 0.25) is 0 Å². The minimum Gasteiger partial charge on any atom is -0.378 e. The number of morpholine rings is 1. The van der Waals surface area contributed by atoms with Crippen LogP contribution >= 0.6 is 0 Å². The van der Waals surface area contributed by atoms with Crippen LogP contribution in [0.3, 0.4) is 0 Å². The molecule has 1 saturated heterocycles. The lowest BCUT2D eigenvalue weighted by Crippen LogP contribution is -2.38. The SMILES string of the molecule is Cc1cccc(CN2CCO[C@H](c3cc(N(C)C)cc(C)n3)C2)n1. The van der Waals surface area contributed by atoms with Gasteiger partial charge in [-0.05, 0) is 38.1 Å². The van der Waals surface area contributed by atoms with Crippen molar-refractivity contribution in [1.29, 1.82) is 0 Å². The van der Waals surface area contributed by atoms with E-state index in [9.17, 15) is 0 Å². The Labute approximate surface area is 144 Å². The summed E-state index contributed by atoms with van der Waals surface area (Å²) in [6, 6.07) is 10.4. The van der Waals surface area contributed by atoms with Crippen molar-refractivity contribution in [3.63, 3.8) is 0 Å². The van der Waals surface area contributed by atoms with Crippen molar-refractivity contribution in [3.8, 4) is 0 Å². The molecule has 128 valence electrons. The Kier molecular flexibility index (Phi) is 5.11. The molecule has 1 aliphatic heterocycles. The summed E-state index contributed by atoms with van der Waals surface area (Å²) in [5.74, 6) is 0. The third-order valence-corrected chi connectivity index (χ3v) is 4.29. The van der Waals surface area contributed by atoms with Crippen molar-refractivity contribution in [1.82, 2.24) is 14.9 Å². The average Bonchev–Trinajstić information content (AvgIpc) is 2.54. The molecule has 0 radical (unpaired) electrons. The normalized spacial score (nSPS) is 18.6. The van der Waals surface area contributed by atoms with E-state index in [1.54, 1.807) is 0 Å². The zero-order valence-electron chi connectivity index (χ0n) is 15.0. The number of rotatable bonds is 4. The summed E-state index contributed by atoms with van der Waals surface area (Å²) in [5.41, 5.74) is 5.38. The Bertz CT molecular complexity index is 702. The lowest BCUT2D eigenvalue weighted by molar-refractivity contribution is -0.0353. The van der Waals surface area contributed by atoms with Crippen molar-refractivity contribution in [3.05, 3.63) is 53.1 Å². The number of aromatic nitrogens is 2. The van der Waals surface area contributed by atoms with Gasteiger partial charge in [-0.2, -0.15) is 0 Å². The molecule has 0 N–H and O–H groups in total. The minimum absolute atomic E-state index is 0.0159. The maximum atomic E-state index is 6.00. The fourth-order valence-electron chi connectivity index (χ4n) is 3.04. The van der Waals surface area contributed by atoms with Crippen LogP contribution in [0.5, 0.6) is 0 Å². The van der Waals surface area contributed by atoms with E-state index in [0.717, 1.165) is 49.0 Å². The molecule has 0 aliphatic carbocycles. The summed E-state index contributed by atoms with van der Waals surface area (Å²) in [7, 11) is 4.10. The summed E-state index contributed by atoms with van der Waals surface area (Å²) in [6.07, 6.45) is 0.0159. The van der Waals surface area contributed by atoms with Gasteiger partial charge >= 0.3 is 0 Å². The number of pyridine rings is 2. The van der Waals surface area contributed by atoms with E-state index in [1.165, 1.54) is 5.69 Å². The van der Waals surface area contributed by atoms with Crippen LogP contribution in [0.15, 0.2) is 30.3 Å². The first-order valence-electron chi connectivity index (χ1n) is 8.43. The second-order valence-electron chi connectivity index (χ2n) is 6.65. The predicted molar refractivity (Wildman–Crippen MR) is 96.2 cm³/mol. The molecule has 5 nitrogen and oxygen atoms in total. The molecule has 1 aliphatic rings. The molecule has 0 unspecified atom stereocenters. The van der Waals surface area contributed by atoms with Crippen LogP contribution in [0.4, 0.5) is 5.69 Å². The van der Waals surface area contributed by atoms with Gasteiger partial charge in [-0.3, -0.25) is 14.9 Å². The molecular weight excluding hydrogens is 300 g/mol. The third kappa shape index (κ3) is 4.10. The van der Waals surface area contributed by atoms with Gasteiger partial charge in [-0.1, -0.05) is 6.07 Å². The van der Waals surface area contributed by atoms with Crippen LogP contribution in [-0.2, 0) is 11.3 Å². The summed E-state index contributed by atoms with van der Waals surface area (Å²) in [4.78, 5) is 13.8. The van der Waals surface area contributed by atoms with Crippen LogP contribution in [-0.4, -0.2) is 48.7 Å². The highest BCUT2D eigenvalue weighted by molar-refractivity contribution is 5.47. The van der Waals surface area contributed by atoms with Crippen molar-refractivity contribution >= 4 is 5.69 Å². The standard InChI is InChI=1S/C19H26N4O/c1-14-6-5-7-16(20-14)12-23-8-9-24-19(13-23)18-11-17(22(3)4)10-15(2)21-18/h5-7,10-11,19H,8-9,12-13H2,1-4H3/t19-/m0/s1. The van der Waals surface area contributed by atoms with Gasteiger partial charge in [0.2, 0.25) is 0 Å². The summed E-state index contributed by atoms with van der Waals surface area (Å²) >= 11 is 0. The van der Waals surface area contributed by atoms with E-state index in [1.807, 2.05) is 19.9 Å². The van der Waals surface area contributed by atoms with Gasteiger partial charge in [0.05, 0.1) is 18.0 Å².